The average Bonchev–Trinajstić information content (AvgIpc) is 2.67. The summed E-state index contributed by atoms with van der Waals surface area (Å²) in [7, 11) is -0.425. The van der Waals surface area contributed by atoms with Crippen LogP contribution in [0, 0.1) is 0 Å². The summed E-state index contributed by atoms with van der Waals surface area (Å²) in [5.41, 5.74) is 0.493. The zero-order chi connectivity index (χ0) is 12.3. The summed E-state index contributed by atoms with van der Waals surface area (Å²) in [6.07, 6.45) is 3.20. The van der Waals surface area contributed by atoms with E-state index in [4.69, 9.17) is 14.0 Å². The molecule has 0 spiro atoms. The fraction of sp³-hybridized carbons (Fsp3) is 0.545. The Balaban J connectivity index is 2.06. The summed E-state index contributed by atoms with van der Waals surface area (Å²) >= 11 is 0. The van der Waals surface area contributed by atoms with E-state index in [-0.39, 0.29) is 12.2 Å². The van der Waals surface area contributed by atoms with Crippen molar-refractivity contribution in [1.29, 1.82) is 0 Å². The Bertz CT molecular complexity index is 389. The van der Waals surface area contributed by atoms with Crippen LogP contribution in [0.5, 0.6) is 5.75 Å². The topological polar surface area (TPSA) is 40.6 Å². The Kier molecular flexibility index (Phi) is 3.64. The molecule has 17 heavy (non-hydrogen) atoms. The molecule has 2 rings (SSSR count). The molecule has 1 aromatic rings. The van der Waals surface area contributed by atoms with Gasteiger partial charge in [-0.1, -0.05) is 0 Å². The zero-order valence-electron chi connectivity index (χ0n) is 9.98. The van der Waals surface area contributed by atoms with Crippen LogP contribution >= 0.6 is 0 Å². The predicted molar refractivity (Wildman–Crippen MR) is 62.2 cm³/mol. The number of pyridine rings is 1. The van der Waals surface area contributed by atoms with Gasteiger partial charge in [0.05, 0.1) is 18.4 Å². The van der Waals surface area contributed by atoms with Gasteiger partial charge in [0.15, 0.2) is 0 Å². The summed E-state index contributed by atoms with van der Waals surface area (Å²) in [6, 6.07) is 1.76. The van der Waals surface area contributed by atoms with Gasteiger partial charge in [0, 0.05) is 11.7 Å². The molecule has 6 heteroatoms. The SMILES string of the molecule is CC1(C)COB(c2cncc(OCCF)c2)O1. The maximum absolute atomic E-state index is 12.0. The molecule has 1 aliphatic rings. The fourth-order valence-corrected chi connectivity index (χ4v) is 1.60. The van der Waals surface area contributed by atoms with Gasteiger partial charge in [-0.3, -0.25) is 4.98 Å². The Labute approximate surface area is 100 Å². The third kappa shape index (κ3) is 3.17. The molecule has 1 aliphatic heterocycles. The molecule has 0 bridgehead atoms. The van der Waals surface area contributed by atoms with Crippen LogP contribution in [0.2, 0.25) is 0 Å². The van der Waals surface area contributed by atoms with Crippen molar-refractivity contribution in [2.75, 3.05) is 19.9 Å². The molecule has 0 saturated carbocycles. The second kappa shape index (κ2) is 5.02. The average molecular weight is 239 g/mol. The quantitative estimate of drug-likeness (QED) is 0.733. The van der Waals surface area contributed by atoms with Crippen molar-refractivity contribution in [3.05, 3.63) is 18.5 Å². The van der Waals surface area contributed by atoms with E-state index in [1.54, 1.807) is 18.5 Å². The number of halogens is 1. The first-order valence-corrected chi connectivity index (χ1v) is 5.54. The first kappa shape index (κ1) is 12.3. The lowest BCUT2D eigenvalue weighted by molar-refractivity contribution is 0.137. The molecular weight excluding hydrogens is 224 g/mol. The molecule has 92 valence electrons. The van der Waals surface area contributed by atoms with Gasteiger partial charge in [0.25, 0.3) is 0 Å². The van der Waals surface area contributed by atoms with Gasteiger partial charge in [-0.2, -0.15) is 0 Å². The van der Waals surface area contributed by atoms with Crippen LogP contribution in [0.25, 0.3) is 0 Å². The molecule has 0 aromatic carbocycles. The van der Waals surface area contributed by atoms with E-state index in [2.05, 4.69) is 4.98 Å². The number of rotatable bonds is 4. The zero-order valence-corrected chi connectivity index (χ0v) is 9.98. The van der Waals surface area contributed by atoms with Gasteiger partial charge in [-0.15, -0.1) is 0 Å². The third-order valence-corrected chi connectivity index (χ3v) is 2.36. The molecule has 1 aromatic heterocycles. The molecule has 0 unspecified atom stereocenters. The molecule has 0 amide bonds. The summed E-state index contributed by atoms with van der Waals surface area (Å²) in [6.45, 7) is 3.97. The van der Waals surface area contributed by atoms with E-state index in [0.29, 0.717) is 12.4 Å². The van der Waals surface area contributed by atoms with E-state index < -0.39 is 13.8 Å². The highest BCUT2D eigenvalue weighted by atomic mass is 19.1. The summed E-state index contributed by atoms with van der Waals surface area (Å²) in [5.74, 6) is 0.525. The molecule has 0 radical (unpaired) electrons. The van der Waals surface area contributed by atoms with Crippen molar-refractivity contribution < 1.29 is 18.4 Å². The van der Waals surface area contributed by atoms with Gasteiger partial charge in [-0.25, -0.2) is 4.39 Å². The minimum absolute atomic E-state index is 0.0308. The van der Waals surface area contributed by atoms with Crippen molar-refractivity contribution in [2.24, 2.45) is 0 Å². The van der Waals surface area contributed by atoms with Gasteiger partial charge in [0.1, 0.15) is 19.0 Å². The van der Waals surface area contributed by atoms with Crippen molar-refractivity contribution in [3.8, 4) is 5.75 Å². The molecule has 0 N–H and O–H groups in total. The highest BCUT2D eigenvalue weighted by Gasteiger charge is 2.38. The highest BCUT2D eigenvalue weighted by molar-refractivity contribution is 6.61. The van der Waals surface area contributed by atoms with E-state index in [1.165, 1.54) is 0 Å². The van der Waals surface area contributed by atoms with Crippen molar-refractivity contribution in [1.82, 2.24) is 4.98 Å². The Morgan fingerprint density at radius 2 is 2.35 bits per heavy atom. The minimum atomic E-state index is -0.520. The number of ether oxygens (including phenoxy) is 1. The van der Waals surface area contributed by atoms with Crippen molar-refractivity contribution in [3.63, 3.8) is 0 Å². The van der Waals surface area contributed by atoms with Crippen LogP contribution in [0.15, 0.2) is 18.5 Å². The first-order chi connectivity index (χ1) is 8.11. The largest absolute Gasteiger partial charge is 0.496 e. The minimum Gasteiger partial charge on any atom is -0.489 e. The third-order valence-electron chi connectivity index (χ3n) is 2.36. The van der Waals surface area contributed by atoms with Crippen LogP contribution in [0.4, 0.5) is 4.39 Å². The summed E-state index contributed by atoms with van der Waals surface area (Å²) in [4.78, 5) is 4.02. The molecule has 2 heterocycles. The van der Waals surface area contributed by atoms with Crippen LogP contribution in [-0.4, -0.2) is 37.6 Å². The van der Waals surface area contributed by atoms with Gasteiger partial charge >= 0.3 is 7.12 Å². The van der Waals surface area contributed by atoms with E-state index in [1.807, 2.05) is 13.8 Å². The number of aromatic nitrogens is 1. The Hall–Kier alpha value is -1.14. The molecule has 1 fully saturated rings. The summed E-state index contributed by atoms with van der Waals surface area (Å²) in [5, 5.41) is 0. The monoisotopic (exact) mass is 239 g/mol. The molecule has 0 atom stereocenters. The lowest BCUT2D eigenvalue weighted by Crippen LogP contribution is -2.34. The fourth-order valence-electron chi connectivity index (χ4n) is 1.60. The Morgan fingerprint density at radius 3 is 3.00 bits per heavy atom. The smallest absolute Gasteiger partial charge is 0.489 e. The molecule has 0 aliphatic carbocycles. The predicted octanol–water partition coefficient (Wildman–Crippen LogP) is 0.950. The van der Waals surface area contributed by atoms with Crippen LogP contribution in [-0.2, 0) is 9.31 Å². The normalized spacial score (nSPS) is 18.4. The molecule has 1 saturated heterocycles. The maximum atomic E-state index is 12.0. The second-order valence-electron chi connectivity index (χ2n) is 4.51. The number of alkyl halides is 1. The van der Waals surface area contributed by atoms with Crippen LogP contribution in [0.3, 0.4) is 0 Å². The van der Waals surface area contributed by atoms with Gasteiger partial charge in [-0.05, 0) is 19.9 Å². The number of nitrogens with zero attached hydrogens (tertiary/aromatic N) is 1. The molecular formula is C11H15BFNO3. The number of hydrogen-bond acceptors (Lipinski definition) is 4. The molecule has 4 nitrogen and oxygen atoms in total. The first-order valence-electron chi connectivity index (χ1n) is 5.54. The van der Waals surface area contributed by atoms with Gasteiger partial charge in [0.2, 0.25) is 0 Å². The van der Waals surface area contributed by atoms with E-state index in [9.17, 15) is 4.39 Å². The highest BCUT2D eigenvalue weighted by Crippen LogP contribution is 2.20. The van der Waals surface area contributed by atoms with Crippen molar-refractivity contribution in [2.45, 2.75) is 19.4 Å². The lowest BCUT2D eigenvalue weighted by Gasteiger charge is -2.15. The Morgan fingerprint density at radius 1 is 1.53 bits per heavy atom. The lowest BCUT2D eigenvalue weighted by atomic mass is 9.80. The standard InChI is InChI=1S/C11H15BFNO3/c1-11(2)8-16-12(17-11)9-5-10(7-14-6-9)15-4-3-13/h5-7H,3-4,8H2,1-2H3. The van der Waals surface area contributed by atoms with Crippen LogP contribution < -0.4 is 10.2 Å². The van der Waals surface area contributed by atoms with Crippen LogP contribution in [0.1, 0.15) is 13.8 Å². The number of hydrogen-bond donors (Lipinski definition) is 0. The second-order valence-corrected chi connectivity index (χ2v) is 4.51. The summed E-state index contributed by atoms with van der Waals surface area (Å²) < 4.78 is 28.4. The van der Waals surface area contributed by atoms with E-state index >= 15 is 0 Å². The van der Waals surface area contributed by atoms with Gasteiger partial charge < -0.3 is 14.0 Å². The van der Waals surface area contributed by atoms with E-state index in [0.717, 1.165) is 5.46 Å². The maximum Gasteiger partial charge on any atom is 0.496 e. The van der Waals surface area contributed by atoms with Crippen molar-refractivity contribution >= 4 is 12.6 Å².